The van der Waals surface area contributed by atoms with Gasteiger partial charge in [0.2, 0.25) is 0 Å². The monoisotopic (exact) mass is 268 g/mol. The van der Waals surface area contributed by atoms with Crippen molar-refractivity contribution in [2.45, 2.75) is 12.8 Å². The largest absolute Gasteiger partial charge is 0.457 e. The fourth-order valence-electron chi connectivity index (χ4n) is 1.57. The first-order chi connectivity index (χ1) is 8.58. The summed E-state index contributed by atoms with van der Waals surface area (Å²) in [7, 11) is 0. The third-order valence-electron chi connectivity index (χ3n) is 2.46. The first-order valence-electron chi connectivity index (χ1n) is 5.38. The van der Waals surface area contributed by atoms with Crippen LogP contribution in [0, 0.1) is 18.6 Å². The summed E-state index contributed by atoms with van der Waals surface area (Å²) in [6, 6.07) is 8.41. The summed E-state index contributed by atoms with van der Waals surface area (Å²) in [5.41, 5.74) is 1.38. The quantitative estimate of drug-likeness (QED) is 0.726. The number of ether oxygens (including phenoxy) is 1. The van der Waals surface area contributed by atoms with E-state index >= 15 is 0 Å². The van der Waals surface area contributed by atoms with Gasteiger partial charge in [-0.3, -0.25) is 0 Å². The van der Waals surface area contributed by atoms with E-state index in [4.69, 9.17) is 16.3 Å². The fourth-order valence-corrected chi connectivity index (χ4v) is 1.72. The van der Waals surface area contributed by atoms with Crippen molar-refractivity contribution in [1.82, 2.24) is 0 Å². The molecule has 0 radical (unpaired) electrons. The smallest absolute Gasteiger partial charge is 0.133 e. The Morgan fingerprint density at radius 3 is 2.56 bits per heavy atom. The summed E-state index contributed by atoms with van der Waals surface area (Å²) in [5, 5.41) is 0. The van der Waals surface area contributed by atoms with Crippen LogP contribution in [0.1, 0.15) is 11.1 Å². The molecule has 0 saturated heterocycles. The molecule has 2 aromatic carbocycles. The van der Waals surface area contributed by atoms with E-state index in [0.717, 1.165) is 5.56 Å². The van der Waals surface area contributed by atoms with Gasteiger partial charge in [-0.15, -0.1) is 11.6 Å². The molecule has 4 heteroatoms. The normalized spacial score (nSPS) is 10.4. The first-order valence-corrected chi connectivity index (χ1v) is 5.91. The van der Waals surface area contributed by atoms with Crippen molar-refractivity contribution in [3.63, 3.8) is 0 Å². The molecular weight excluding hydrogens is 258 g/mol. The Morgan fingerprint density at radius 1 is 1.06 bits per heavy atom. The molecule has 2 aromatic rings. The van der Waals surface area contributed by atoms with Crippen LogP contribution in [-0.2, 0) is 5.88 Å². The average molecular weight is 269 g/mol. The Morgan fingerprint density at radius 2 is 1.83 bits per heavy atom. The average Bonchev–Trinajstić information content (AvgIpc) is 2.33. The van der Waals surface area contributed by atoms with E-state index in [-0.39, 0.29) is 5.88 Å². The molecular formula is C14H11ClF2O. The van der Waals surface area contributed by atoms with Crippen LogP contribution in [0.2, 0.25) is 0 Å². The van der Waals surface area contributed by atoms with Gasteiger partial charge in [0.05, 0.1) is 0 Å². The predicted octanol–water partition coefficient (Wildman–Crippen LogP) is 4.80. The molecule has 2 rings (SSSR count). The lowest BCUT2D eigenvalue weighted by atomic mass is 10.2. The zero-order valence-electron chi connectivity index (χ0n) is 9.71. The highest BCUT2D eigenvalue weighted by Crippen LogP contribution is 2.27. The second kappa shape index (κ2) is 5.36. The minimum Gasteiger partial charge on any atom is -0.457 e. The van der Waals surface area contributed by atoms with Gasteiger partial charge in [0, 0.05) is 18.0 Å². The van der Waals surface area contributed by atoms with Crippen LogP contribution in [0.15, 0.2) is 36.4 Å². The van der Waals surface area contributed by atoms with Crippen molar-refractivity contribution in [3.05, 3.63) is 59.2 Å². The third kappa shape index (κ3) is 2.99. The van der Waals surface area contributed by atoms with Gasteiger partial charge in [-0.2, -0.15) is 0 Å². The van der Waals surface area contributed by atoms with E-state index in [0.29, 0.717) is 17.1 Å². The van der Waals surface area contributed by atoms with Crippen LogP contribution in [0.5, 0.6) is 11.5 Å². The standard InChI is InChI=1S/C14H11ClF2O/c1-9-2-3-11(16)7-14(9)18-13-5-10(8-15)4-12(17)6-13/h2-7H,8H2,1H3. The lowest BCUT2D eigenvalue weighted by Crippen LogP contribution is -1.91. The number of rotatable bonds is 3. The molecule has 0 heterocycles. The van der Waals surface area contributed by atoms with E-state index in [1.165, 1.54) is 24.3 Å². The molecule has 0 fully saturated rings. The summed E-state index contributed by atoms with van der Waals surface area (Å²) < 4.78 is 31.9. The first kappa shape index (κ1) is 12.8. The van der Waals surface area contributed by atoms with Gasteiger partial charge in [0.25, 0.3) is 0 Å². The van der Waals surface area contributed by atoms with Crippen LogP contribution in [0.25, 0.3) is 0 Å². The zero-order valence-corrected chi connectivity index (χ0v) is 10.5. The van der Waals surface area contributed by atoms with Crippen molar-refractivity contribution in [3.8, 4) is 11.5 Å². The van der Waals surface area contributed by atoms with E-state index in [9.17, 15) is 8.78 Å². The van der Waals surface area contributed by atoms with Crippen molar-refractivity contribution in [2.75, 3.05) is 0 Å². The molecule has 0 bridgehead atoms. The molecule has 0 aliphatic rings. The number of halogens is 3. The maximum atomic E-state index is 13.3. The number of hydrogen-bond acceptors (Lipinski definition) is 1. The van der Waals surface area contributed by atoms with Gasteiger partial charge in [0.1, 0.15) is 23.1 Å². The molecule has 0 aliphatic heterocycles. The van der Waals surface area contributed by atoms with Crippen LogP contribution >= 0.6 is 11.6 Å². The maximum absolute atomic E-state index is 13.3. The Bertz CT molecular complexity index is 570. The Kier molecular flexibility index (Phi) is 3.82. The maximum Gasteiger partial charge on any atom is 0.133 e. The molecule has 94 valence electrons. The van der Waals surface area contributed by atoms with Gasteiger partial charge in [-0.05, 0) is 36.2 Å². The highest BCUT2D eigenvalue weighted by atomic mass is 35.5. The van der Waals surface area contributed by atoms with Gasteiger partial charge in [-0.25, -0.2) is 8.78 Å². The molecule has 18 heavy (non-hydrogen) atoms. The summed E-state index contributed by atoms with van der Waals surface area (Å²) in [5.74, 6) is 0.0261. The molecule has 0 N–H and O–H groups in total. The molecule has 1 nitrogen and oxygen atoms in total. The lowest BCUT2D eigenvalue weighted by Gasteiger charge is -2.09. The van der Waals surface area contributed by atoms with Crippen molar-refractivity contribution >= 4 is 11.6 Å². The summed E-state index contributed by atoms with van der Waals surface area (Å²) in [6.45, 7) is 1.79. The number of alkyl halides is 1. The second-order valence-electron chi connectivity index (χ2n) is 3.94. The van der Waals surface area contributed by atoms with E-state index in [1.807, 2.05) is 0 Å². The SMILES string of the molecule is Cc1ccc(F)cc1Oc1cc(F)cc(CCl)c1. The van der Waals surface area contributed by atoms with Gasteiger partial charge >= 0.3 is 0 Å². The molecule has 0 spiro atoms. The van der Waals surface area contributed by atoms with Gasteiger partial charge in [-0.1, -0.05) is 6.07 Å². The van der Waals surface area contributed by atoms with Gasteiger partial charge < -0.3 is 4.74 Å². The Balaban J connectivity index is 2.33. The Labute approximate surface area is 109 Å². The molecule has 0 amide bonds. The lowest BCUT2D eigenvalue weighted by molar-refractivity contribution is 0.467. The third-order valence-corrected chi connectivity index (χ3v) is 2.77. The second-order valence-corrected chi connectivity index (χ2v) is 4.21. The fraction of sp³-hybridized carbons (Fsp3) is 0.143. The molecule has 0 atom stereocenters. The van der Waals surface area contributed by atoms with E-state index in [2.05, 4.69) is 0 Å². The number of benzene rings is 2. The van der Waals surface area contributed by atoms with E-state index < -0.39 is 11.6 Å². The van der Waals surface area contributed by atoms with Crippen LogP contribution in [-0.4, -0.2) is 0 Å². The van der Waals surface area contributed by atoms with Crippen LogP contribution < -0.4 is 4.74 Å². The minimum atomic E-state index is -0.433. The molecule has 0 unspecified atom stereocenters. The minimum absolute atomic E-state index is 0.191. The Hall–Kier alpha value is -1.61. The van der Waals surface area contributed by atoms with Gasteiger partial charge in [0.15, 0.2) is 0 Å². The predicted molar refractivity (Wildman–Crippen MR) is 67.2 cm³/mol. The number of hydrogen-bond donors (Lipinski definition) is 0. The van der Waals surface area contributed by atoms with Crippen LogP contribution in [0.4, 0.5) is 8.78 Å². The van der Waals surface area contributed by atoms with E-state index in [1.54, 1.807) is 19.1 Å². The van der Waals surface area contributed by atoms with Crippen molar-refractivity contribution in [2.24, 2.45) is 0 Å². The van der Waals surface area contributed by atoms with Crippen LogP contribution in [0.3, 0.4) is 0 Å². The van der Waals surface area contributed by atoms with Crippen molar-refractivity contribution in [1.29, 1.82) is 0 Å². The molecule has 0 saturated carbocycles. The topological polar surface area (TPSA) is 9.23 Å². The summed E-state index contributed by atoms with van der Waals surface area (Å²) in [4.78, 5) is 0. The highest BCUT2D eigenvalue weighted by molar-refractivity contribution is 6.17. The number of aryl methyl sites for hydroxylation is 1. The zero-order chi connectivity index (χ0) is 13.1. The molecule has 0 aliphatic carbocycles. The van der Waals surface area contributed by atoms with Crippen molar-refractivity contribution < 1.29 is 13.5 Å². The highest BCUT2D eigenvalue weighted by Gasteiger charge is 2.06. The summed E-state index contributed by atoms with van der Waals surface area (Å²) >= 11 is 5.65. The summed E-state index contributed by atoms with van der Waals surface area (Å²) in [6.07, 6.45) is 0. The molecule has 0 aromatic heterocycles.